The Balaban J connectivity index is 3.01. The Kier molecular flexibility index (Phi) is 5.37. The second kappa shape index (κ2) is 6.07. The van der Waals surface area contributed by atoms with Crippen LogP contribution in [0.2, 0.25) is 5.02 Å². The molecule has 1 aromatic rings. The normalized spacial score (nSPS) is 12.3. The average molecular weight is 352 g/mol. The Labute approximate surface area is 113 Å². The molecule has 0 aliphatic heterocycles. The van der Waals surface area contributed by atoms with Crippen molar-refractivity contribution in [3.63, 3.8) is 0 Å². The van der Waals surface area contributed by atoms with E-state index >= 15 is 0 Å². The maximum Gasteiger partial charge on any atom is 0.0554 e. The van der Waals surface area contributed by atoms with Crippen molar-refractivity contribution in [2.24, 2.45) is 5.92 Å². The van der Waals surface area contributed by atoms with Crippen molar-refractivity contribution in [2.45, 2.75) is 13.8 Å². The number of hydrogen-bond acceptors (Lipinski definition) is 0. The summed E-state index contributed by atoms with van der Waals surface area (Å²) in [4.78, 5) is 0. The molecule has 0 unspecified atom stereocenters. The maximum atomic E-state index is 6.03. The fraction of sp³-hybridized carbons (Fsp3) is 0.333. The van der Waals surface area contributed by atoms with E-state index in [0.29, 0.717) is 5.92 Å². The number of alkyl halides is 1. The number of rotatable bonds is 3. The summed E-state index contributed by atoms with van der Waals surface area (Å²) < 4.78 is 0.936. The van der Waals surface area contributed by atoms with Gasteiger partial charge in [-0.2, -0.15) is 0 Å². The molecule has 0 aromatic heterocycles. The van der Waals surface area contributed by atoms with Crippen molar-refractivity contribution >= 4 is 49.5 Å². The molecule has 0 heterocycles. The van der Waals surface area contributed by atoms with E-state index in [2.05, 4.69) is 57.8 Å². The van der Waals surface area contributed by atoms with Crippen LogP contribution in [0.25, 0.3) is 6.08 Å². The second-order valence-electron chi connectivity index (χ2n) is 3.68. The molecule has 82 valence electrons. The zero-order valence-corrected chi connectivity index (χ0v) is 12.7. The molecule has 0 saturated heterocycles. The lowest BCUT2D eigenvalue weighted by Gasteiger charge is -2.08. The minimum Gasteiger partial charge on any atom is -0.0880 e. The van der Waals surface area contributed by atoms with Gasteiger partial charge >= 0.3 is 0 Å². The molecule has 0 radical (unpaired) electrons. The van der Waals surface area contributed by atoms with Crippen molar-refractivity contribution in [3.8, 4) is 0 Å². The van der Waals surface area contributed by atoms with Crippen LogP contribution < -0.4 is 0 Å². The first-order valence-electron chi connectivity index (χ1n) is 4.76. The molecule has 1 aromatic carbocycles. The van der Waals surface area contributed by atoms with Crippen molar-refractivity contribution in [1.29, 1.82) is 0 Å². The summed E-state index contributed by atoms with van der Waals surface area (Å²) in [5.41, 5.74) is 2.51. The van der Waals surface area contributed by atoms with Crippen LogP contribution >= 0.6 is 43.5 Å². The van der Waals surface area contributed by atoms with Gasteiger partial charge in [0, 0.05) is 9.80 Å². The van der Waals surface area contributed by atoms with Gasteiger partial charge in [0.1, 0.15) is 0 Å². The maximum absolute atomic E-state index is 6.03. The molecule has 0 aliphatic carbocycles. The Morgan fingerprint density at radius 3 is 2.60 bits per heavy atom. The lowest BCUT2D eigenvalue weighted by Crippen LogP contribution is -1.94. The lowest BCUT2D eigenvalue weighted by molar-refractivity contribution is 0.781. The SMILES string of the molecule is CC(C)/C(=C/c1ccc(Br)c(Cl)c1)CBr. The second-order valence-corrected chi connectivity index (χ2v) is 5.50. The Morgan fingerprint density at radius 2 is 2.13 bits per heavy atom. The van der Waals surface area contributed by atoms with Gasteiger partial charge < -0.3 is 0 Å². The number of benzene rings is 1. The van der Waals surface area contributed by atoms with Gasteiger partial charge in [0.25, 0.3) is 0 Å². The molecular formula is C12H13Br2Cl. The van der Waals surface area contributed by atoms with E-state index in [1.807, 2.05) is 12.1 Å². The van der Waals surface area contributed by atoms with Crippen molar-refractivity contribution in [1.82, 2.24) is 0 Å². The third-order valence-electron chi connectivity index (χ3n) is 2.19. The molecule has 0 nitrogen and oxygen atoms in total. The molecule has 0 saturated carbocycles. The molecule has 0 N–H and O–H groups in total. The van der Waals surface area contributed by atoms with Gasteiger partial charge in [-0.15, -0.1) is 0 Å². The van der Waals surface area contributed by atoms with E-state index in [9.17, 15) is 0 Å². The quantitative estimate of drug-likeness (QED) is 0.627. The van der Waals surface area contributed by atoms with E-state index in [-0.39, 0.29) is 0 Å². The first kappa shape index (κ1) is 13.3. The highest BCUT2D eigenvalue weighted by Crippen LogP contribution is 2.25. The van der Waals surface area contributed by atoms with Crippen LogP contribution in [0.5, 0.6) is 0 Å². The fourth-order valence-electron chi connectivity index (χ4n) is 1.18. The molecule has 3 heteroatoms. The van der Waals surface area contributed by atoms with Crippen molar-refractivity contribution < 1.29 is 0 Å². The average Bonchev–Trinajstić information content (AvgIpc) is 2.19. The predicted octanol–water partition coefficient (Wildman–Crippen LogP) is 5.54. The van der Waals surface area contributed by atoms with Gasteiger partial charge in [-0.25, -0.2) is 0 Å². The summed E-state index contributed by atoms with van der Waals surface area (Å²) in [5.74, 6) is 0.548. The molecule has 0 atom stereocenters. The zero-order chi connectivity index (χ0) is 11.4. The molecule has 1 rings (SSSR count). The van der Waals surface area contributed by atoms with Gasteiger partial charge in [-0.05, 0) is 39.5 Å². The van der Waals surface area contributed by atoms with Crippen molar-refractivity contribution in [3.05, 3.63) is 38.8 Å². The van der Waals surface area contributed by atoms with Crippen LogP contribution in [0.3, 0.4) is 0 Å². The summed E-state index contributed by atoms with van der Waals surface area (Å²) >= 11 is 12.9. The minimum atomic E-state index is 0.548. The monoisotopic (exact) mass is 350 g/mol. The van der Waals surface area contributed by atoms with Crippen LogP contribution in [0, 0.1) is 5.92 Å². The van der Waals surface area contributed by atoms with Crippen LogP contribution in [-0.4, -0.2) is 5.33 Å². The smallest absolute Gasteiger partial charge is 0.0554 e. The van der Waals surface area contributed by atoms with Crippen LogP contribution in [0.15, 0.2) is 28.2 Å². The van der Waals surface area contributed by atoms with Crippen molar-refractivity contribution in [2.75, 3.05) is 5.33 Å². The molecule has 0 aliphatic rings. The van der Waals surface area contributed by atoms with Gasteiger partial charge in [-0.1, -0.05) is 59.1 Å². The third kappa shape index (κ3) is 3.93. The topological polar surface area (TPSA) is 0 Å². The van der Waals surface area contributed by atoms with E-state index in [0.717, 1.165) is 20.4 Å². The summed E-state index contributed by atoms with van der Waals surface area (Å²) in [7, 11) is 0. The molecule has 15 heavy (non-hydrogen) atoms. The minimum absolute atomic E-state index is 0.548. The Morgan fingerprint density at radius 1 is 1.47 bits per heavy atom. The lowest BCUT2D eigenvalue weighted by atomic mass is 10.0. The summed E-state index contributed by atoms with van der Waals surface area (Å²) in [6.45, 7) is 4.38. The molecule has 0 amide bonds. The fourth-order valence-corrected chi connectivity index (χ4v) is 2.42. The zero-order valence-electron chi connectivity index (χ0n) is 8.73. The largest absolute Gasteiger partial charge is 0.0880 e. The highest BCUT2D eigenvalue weighted by molar-refractivity contribution is 9.10. The van der Waals surface area contributed by atoms with E-state index in [4.69, 9.17) is 11.6 Å². The van der Waals surface area contributed by atoms with Gasteiger partial charge in [0.05, 0.1) is 5.02 Å². The molecule has 0 fully saturated rings. The third-order valence-corrected chi connectivity index (χ3v) is 4.07. The van der Waals surface area contributed by atoms with Gasteiger partial charge in [-0.3, -0.25) is 0 Å². The predicted molar refractivity (Wildman–Crippen MR) is 75.8 cm³/mol. The van der Waals surface area contributed by atoms with Crippen LogP contribution in [0.4, 0.5) is 0 Å². The van der Waals surface area contributed by atoms with Crippen LogP contribution in [-0.2, 0) is 0 Å². The van der Waals surface area contributed by atoms with E-state index < -0.39 is 0 Å². The van der Waals surface area contributed by atoms with Gasteiger partial charge in [0.2, 0.25) is 0 Å². The van der Waals surface area contributed by atoms with Crippen LogP contribution in [0.1, 0.15) is 19.4 Å². The Bertz CT molecular complexity index is 370. The van der Waals surface area contributed by atoms with Gasteiger partial charge in [0.15, 0.2) is 0 Å². The first-order chi connectivity index (χ1) is 7.04. The summed E-state index contributed by atoms with van der Waals surface area (Å²) in [6, 6.07) is 6.00. The molecule has 0 spiro atoms. The van der Waals surface area contributed by atoms with E-state index in [1.165, 1.54) is 5.57 Å². The standard InChI is InChI=1S/C12H13Br2Cl/c1-8(2)10(7-13)5-9-3-4-11(14)12(15)6-9/h3-6,8H,7H2,1-2H3/b10-5+. The number of hydrogen-bond donors (Lipinski definition) is 0. The highest BCUT2D eigenvalue weighted by Gasteiger charge is 2.02. The Hall–Kier alpha value is 0.210. The summed E-state index contributed by atoms with van der Waals surface area (Å²) in [5, 5.41) is 1.65. The van der Waals surface area contributed by atoms with E-state index in [1.54, 1.807) is 0 Å². The number of allylic oxidation sites excluding steroid dienone is 1. The molecular weight excluding hydrogens is 339 g/mol. The summed E-state index contributed by atoms with van der Waals surface area (Å²) in [6.07, 6.45) is 2.18. The first-order valence-corrected chi connectivity index (χ1v) is 7.05. The molecule has 0 bridgehead atoms. The number of halogens is 3. The highest BCUT2D eigenvalue weighted by atomic mass is 79.9.